The van der Waals surface area contributed by atoms with Crippen molar-refractivity contribution in [3.63, 3.8) is 0 Å². The molecule has 0 saturated carbocycles. The van der Waals surface area contributed by atoms with Crippen LogP contribution in [0.5, 0.6) is 11.5 Å². The number of pyridine rings is 1. The Morgan fingerprint density at radius 1 is 1.35 bits per heavy atom. The van der Waals surface area contributed by atoms with E-state index in [9.17, 15) is 18.0 Å². The Labute approximate surface area is 113 Å². The summed E-state index contributed by atoms with van der Waals surface area (Å²) < 4.78 is 51.5. The molecule has 1 aromatic rings. The van der Waals surface area contributed by atoms with Gasteiger partial charge in [0.05, 0.1) is 32.9 Å². The minimum atomic E-state index is -4.34. The van der Waals surface area contributed by atoms with Gasteiger partial charge in [0.15, 0.2) is 17.2 Å². The van der Waals surface area contributed by atoms with Gasteiger partial charge in [0.1, 0.15) is 0 Å². The molecule has 0 aliphatic carbocycles. The number of hydrogen-bond acceptors (Lipinski definition) is 5. The van der Waals surface area contributed by atoms with Gasteiger partial charge in [0, 0.05) is 6.07 Å². The first-order chi connectivity index (χ1) is 9.29. The van der Waals surface area contributed by atoms with Gasteiger partial charge in [-0.2, -0.15) is 13.2 Å². The lowest BCUT2D eigenvalue weighted by Crippen LogP contribution is -2.26. The molecule has 0 bridgehead atoms. The number of rotatable bonds is 5. The lowest BCUT2D eigenvalue weighted by Gasteiger charge is -2.17. The van der Waals surface area contributed by atoms with Crippen molar-refractivity contribution >= 4 is 5.97 Å². The minimum absolute atomic E-state index is 0.0243. The van der Waals surface area contributed by atoms with Gasteiger partial charge in [0.2, 0.25) is 0 Å². The maximum atomic E-state index is 12.4. The molecule has 1 unspecified atom stereocenters. The Hall–Kier alpha value is -1.99. The number of methoxy groups -OCH3 is 2. The second kappa shape index (κ2) is 6.44. The van der Waals surface area contributed by atoms with Gasteiger partial charge in [-0.25, -0.2) is 9.78 Å². The lowest BCUT2D eigenvalue weighted by atomic mass is 10.2. The molecule has 20 heavy (non-hydrogen) atoms. The molecule has 0 amide bonds. The standard InChI is InChI=1S/C12H14F3NO4/c1-7(12(13,14)15)6-20-10-5-16-8(11(17)19-3)4-9(10)18-2/h4-5,7H,6H2,1-3H3. The second-order valence-electron chi connectivity index (χ2n) is 3.97. The molecule has 0 aliphatic heterocycles. The fourth-order valence-corrected chi connectivity index (χ4v) is 1.22. The van der Waals surface area contributed by atoms with Crippen molar-refractivity contribution in [3.8, 4) is 11.5 Å². The molecule has 0 aromatic carbocycles. The summed E-state index contributed by atoms with van der Waals surface area (Å²) >= 11 is 0. The fourth-order valence-electron chi connectivity index (χ4n) is 1.22. The van der Waals surface area contributed by atoms with Crippen molar-refractivity contribution in [3.05, 3.63) is 18.0 Å². The molecule has 0 saturated heterocycles. The number of hydrogen-bond donors (Lipinski definition) is 0. The van der Waals surface area contributed by atoms with E-state index in [1.807, 2.05) is 0 Å². The fraction of sp³-hybridized carbons (Fsp3) is 0.500. The molecule has 1 aromatic heterocycles. The predicted molar refractivity (Wildman–Crippen MR) is 62.8 cm³/mol. The Morgan fingerprint density at radius 3 is 2.50 bits per heavy atom. The second-order valence-corrected chi connectivity index (χ2v) is 3.97. The summed E-state index contributed by atoms with van der Waals surface area (Å²) in [5.74, 6) is -2.18. The quantitative estimate of drug-likeness (QED) is 0.780. The summed E-state index contributed by atoms with van der Waals surface area (Å²) in [7, 11) is 2.49. The highest BCUT2D eigenvalue weighted by Gasteiger charge is 2.36. The van der Waals surface area contributed by atoms with E-state index in [4.69, 9.17) is 9.47 Å². The maximum Gasteiger partial charge on any atom is 0.394 e. The van der Waals surface area contributed by atoms with Crippen molar-refractivity contribution in [2.24, 2.45) is 5.92 Å². The van der Waals surface area contributed by atoms with Crippen LogP contribution in [0.1, 0.15) is 17.4 Å². The van der Waals surface area contributed by atoms with Gasteiger partial charge < -0.3 is 14.2 Å². The number of aromatic nitrogens is 1. The van der Waals surface area contributed by atoms with E-state index < -0.39 is 24.7 Å². The summed E-state index contributed by atoms with van der Waals surface area (Å²) in [6.07, 6.45) is -3.22. The van der Waals surface area contributed by atoms with Crippen molar-refractivity contribution in [1.82, 2.24) is 4.98 Å². The maximum absolute atomic E-state index is 12.4. The highest BCUT2D eigenvalue weighted by atomic mass is 19.4. The number of nitrogens with zero attached hydrogens (tertiary/aromatic N) is 1. The molecule has 1 atom stereocenters. The molecule has 112 valence electrons. The van der Waals surface area contributed by atoms with Crippen LogP contribution in [-0.4, -0.2) is 38.0 Å². The summed E-state index contributed by atoms with van der Waals surface area (Å²) in [6.45, 7) is 0.432. The summed E-state index contributed by atoms with van der Waals surface area (Å²) in [6, 6.07) is 1.24. The summed E-state index contributed by atoms with van der Waals surface area (Å²) in [4.78, 5) is 15.0. The predicted octanol–water partition coefficient (Wildman–Crippen LogP) is 2.45. The van der Waals surface area contributed by atoms with Crippen LogP contribution >= 0.6 is 0 Å². The van der Waals surface area contributed by atoms with E-state index in [0.29, 0.717) is 0 Å². The molecule has 5 nitrogen and oxygen atoms in total. The Bertz CT molecular complexity index is 476. The number of halogens is 3. The van der Waals surface area contributed by atoms with E-state index in [2.05, 4.69) is 9.72 Å². The number of alkyl halides is 3. The number of carbonyl (C=O) groups is 1. The molecule has 0 radical (unpaired) electrons. The SMILES string of the molecule is COC(=O)c1cc(OC)c(OCC(C)C(F)(F)F)cn1. The molecule has 0 spiro atoms. The first-order valence-corrected chi connectivity index (χ1v) is 5.61. The first-order valence-electron chi connectivity index (χ1n) is 5.61. The number of ether oxygens (including phenoxy) is 3. The monoisotopic (exact) mass is 293 g/mol. The average Bonchev–Trinajstić information content (AvgIpc) is 2.42. The Kier molecular flexibility index (Phi) is 5.18. The van der Waals surface area contributed by atoms with Crippen LogP contribution in [0.3, 0.4) is 0 Å². The van der Waals surface area contributed by atoms with E-state index in [0.717, 1.165) is 13.1 Å². The van der Waals surface area contributed by atoms with Gasteiger partial charge in [-0.15, -0.1) is 0 Å². The van der Waals surface area contributed by atoms with Crippen molar-refractivity contribution in [2.75, 3.05) is 20.8 Å². The number of carbonyl (C=O) groups excluding carboxylic acids is 1. The smallest absolute Gasteiger partial charge is 0.394 e. The van der Waals surface area contributed by atoms with Crippen molar-refractivity contribution in [2.45, 2.75) is 13.1 Å². The zero-order valence-corrected chi connectivity index (χ0v) is 11.2. The van der Waals surface area contributed by atoms with E-state index >= 15 is 0 Å². The van der Waals surface area contributed by atoms with Crippen LogP contribution in [0.25, 0.3) is 0 Å². The Balaban J connectivity index is 2.83. The van der Waals surface area contributed by atoms with Gasteiger partial charge in [-0.1, -0.05) is 6.92 Å². The molecule has 0 fully saturated rings. The highest BCUT2D eigenvalue weighted by molar-refractivity contribution is 5.87. The molecule has 8 heteroatoms. The third-order valence-electron chi connectivity index (χ3n) is 2.49. The van der Waals surface area contributed by atoms with E-state index in [1.54, 1.807) is 0 Å². The third kappa shape index (κ3) is 4.01. The van der Waals surface area contributed by atoms with Gasteiger partial charge in [0.25, 0.3) is 0 Å². The topological polar surface area (TPSA) is 57.7 Å². The van der Waals surface area contributed by atoms with E-state index in [1.165, 1.54) is 20.3 Å². The van der Waals surface area contributed by atoms with E-state index in [-0.39, 0.29) is 17.2 Å². The average molecular weight is 293 g/mol. The molecule has 0 aliphatic rings. The molecule has 1 rings (SSSR count). The first kappa shape index (κ1) is 16.1. The Morgan fingerprint density at radius 2 is 2.00 bits per heavy atom. The summed E-state index contributed by atoms with van der Waals surface area (Å²) in [5, 5.41) is 0. The van der Waals surface area contributed by atoms with Crippen molar-refractivity contribution < 1.29 is 32.2 Å². The van der Waals surface area contributed by atoms with Crippen LogP contribution in [0.4, 0.5) is 13.2 Å². The molecular weight excluding hydrogens is 279 g/mol. The zero-order valence-electron chi connectivity index (χ0n) is 11.2. The largest absolute Gasteiger partial charge is 0.493 e. The van der Waals surface area contributed by atoms with Gasteiger partial charge >= 0.3 is 12.1 Å². The lowest BCUT2D eigenvalue weighted by molar-refractivity contribution is -0.176. The van der Waals surface area contributed by atoms with Crippen LogP contribution in [-0.2, 0) is 4.74 Å². The van der Waals surface area contributed by atoms with Crippen LogP contribution < -0.4 is 9.47 Å². The normalized spacial score (nSPS) is 12.7. The zero-order chi connectivity index (χ0) is 15.3. The van der Waals surface area contributed by atoms with Crippen LogP contribution in [0.15, 0.2) is 12.3 Å². The number of esters is 1. The summed E-state index contributed by atoms with van der Waals surface area (Å²) in [5.41, 5.74) is -0.0273. The minimum Gasteiger partial charge on any atom is -0.493 e. The molecule has 0 N–H and O–H groups in total. The molecular formula is C12H14F3NO4. The van der Waals surface area contributed by atoms with Crippen LogP contribution in [0.2, 0.25) is 0 Å². The third-order valence-corrected chi connectivity index (χ3v) is 2.49. The van der Waals surface area contributed by atoms with Crippen molar-refractivity contribution in [1.29, 1.82) is 0 Å². The van der Waals surface area contributed by atoms with Crippen LogP contribution in [0, 0.1) is 5.92 Å². The molecule has 1 heterocycles. The van der Waals surface area contributed by atoms with Gasteiger partial charge in [-0.05, 0) is 0 Å². The highest BCUT2D eigenvalue weighted by Crippen LogP contribution is 2.30. The van der Waals surface area contributed by atoms with Gasteiger partial charge in [-0.3, -0.25) is 0 Å².